The Kier molecular flexibility index (Phi) is 7.19. The van der Waals surface area contributed by atoms with Crippen LogP contribution in [0.4, 0.5) is 24.8 Å². The molecule has 1 heterocycles. The number of aryl methyl sites for hydroxylation is 1. The molecule has 0 atom stereocenters. The van der Waals surface area contributed by atoms with Crippen LogP contribution in [0, 0.1) is 6.92 Å². The minimum Gasteiger partial charge on any atom is -0.497 e. The normalized spacial score (nSPS) is 11.1. The van der Waals surface area contributed by atoms with Crippen LogP contribution < -0.4 is 15.4 Å². The highest BCUT2D eigenvalue weighted by Gasteiger charge is 2.30. The molecule has 0 radical (unpaired) electrons. The van der Waals surface area contributed by atoms with Gasteiger partial charge < -0.3 is 10.1 Å². The summed E-state index contributed by atoms with van der Waals surface area (Å²) >= 11 is 0. The highest BCUT2D eigenvalue weighted by molar-refractivity contribution is 5.92. The maximum Gasteiger partial charge on any atom is 0.416 e. The summed E-state index contributed by atoms with van der Waals surface area (Å²) in [6, 6.07) is 21.6. The van der Waals surface area contributed by atoms with Crippen molar-refractivity contribution in [2.24, 2.45) is 0 Å². The number of ether oxygens (including phenoxy) is 1. The van der Waals surface area contributed by atoms with Crippen molar-refractivity contribution in [2.75, 3.05) is 24.3 Å². The first-order chi connectivity index (χ1) is 17.2. The molecule has 0 aliphatic heterocycles. The fourth-order valence-corrected chi connectivity index (χ4v) is 3.44. The van der Waals surface area contributed by atoms with E-state index >= 15 is 0 Å². The van der Waals surface area contributed by atoms with E-state index < -0.39 is 17.6 Å². The Labute approximate surface area is 206 Å². The molecule has 1 amide bonds. The summed E-state index contributed by atoms with van der Waals surface area (Å²) in [7, 11) is 1.58. The van der Waals surface area contributed by atoms with E-state index in [1.807, 2.05) is 49.4 Å². The van der Waals surface area contributed by atoms with Gasteiger partial charge in [0.1, 0.15) is 5.75 Å². The van der Waals surface area contributed by atoms with Crippen molar-refractivity contribution < 1.29 is 22.7 Å². The van der Waals surface area contributed by atoms with Gasteiger partial charge >= 0.3 is 6.18 Å². The largest absolute Gasteiger partial charge is 0.497 e. The minimum absolute atomic E-state index is 0.0785. The molecule has 0 unspecified atom stereocenters. The molecule has 36 heavy (non-hydrogen) atoms. The van der Waals surface area contributed by atoms with Crippen molar-refractivity contribution in [3.8, 4) is 28.3 Å². The number of alkyl halides is 3. The standard InChI is InChI=1S/C27H23F3N4O2/c1-17-6-8-18(9-7-17)23-15-24(19-10-12-22(36-2)13-11-19)33-26(32-23)34-25(35)16-31-21-5-3-4-20(14-21)27(28,29)30/h3-15,31H,16H2,1-2H3,(H,32,33,34,35). The molecule has 0 aliphatic carbocycles. The second-order valence-electron chi connectivity index (χ2n) is 8.04. The number of anilines is 2. The van der Waals surface area contributed by atoms with Crippen LogP contribution in [0.3, 0.4) is 0 Å². The third-order valence-corrected chi connectivity index (χ3v) is 5.35. The van der Waals surface area contributed by atoms with Gasteiger partial charge in [0, 0.05) is 16.8 Å². The molecule has 1 aromatic heterocycles. The molecule has 3 aromatic carbocycles. The van der Waals surface area contributed by atoms with Crippen molar-refractivity contribution in [2.45, 2.75) is 13.1 Å². The number of hydrogen-bond acceptors (Lipinski definition) is 5. The lowest BCUT2D eigenvalue weighted by Gasteiger charge is -2.12. The van der Waals surface area contributed by atoms with Crippen LogP contribution in [0.1, 0.15) is 11.1 Å². The molecular formula is C27H23F3N4O2. The number of nitrogens with zero attached hydrogens (tertiary/aromatic N) is 2. The highest BCUT2D eigenvalue weighted by Crippen LogP contribution is 2.31. The molecule has 2 N–H and O–H groups in total. The van der Waals surface area contributed by atoms with Gasteiger partial charge in [-0.1, -0.05) is 35.9 Å². The molecular weight excluding hydrogens is 469 g/mol. The fourth-order valence-electron chi connectivity index (χ4n) is 3.44. The summed E-state index contributed by atoms with van der Waals surface area (Å²) < 4.78 is 44.0. The van der Waals surface area contributed by atoms with Gasteiger partial charge in [-0.3, -0.25) is 10.1 Å². The number of benzene rings is 3. The number of carbonyl (C=O) groups excluding carboxylic acids is 1. The van der Waals surface area contributed by atoms with E-state index in [-0.39, 0.29) is 18.2 Å². The zero-order valence-corrected chi connectivity index (χ0v) is 19.6. The first-order valence-electron chi connectivity index (χ1n) is 11.0. The molecule has 0 saturated heterocycles. The number of amides is 1. The van der Waals surface area contributed by atoms with Crippen LogP contribution in [0.25, 0.3) is 22.5 Å². The predicted molar refractivity (Wildman–Crippen MR) is 133 cm³/mol. The average Bonchev–Trinajstić information content (AvgIpc) is 2.87. The Hall–Kier alpha value is -4.40. The van der Waals surface area contributed by atoms with Gasteiger partial charge in [-0.15, -0.1) is 0 Å². The maximum atomic E-state index is 12.9. The van der Waals surface area contributed by atoms with Crippen LogP contribution in [0.2, 0.25) is 0 Å². The van der Waals surface area contributed by atoms with Gasteiger partial charge in [-0.05, 0) is 55.5 Å². The van der Waals surface area contributed by atoms with Crippen molar-refractivity contribution in [3.05, 3.63) is 90.0 Å². The van der Waals surface area contributed by atoms with E-state index in [0.717, 1.165) is 28.8 Å². The zero-order valence-electron chi connectivity index (χ0n) is 19.6. The molecule has 6 nitrogen and oxygen atoms in total. The molecule has 0 fully saturated rings. The molecule has 0 spiro atoms. The zero-order chi connectivity index (χ0) is 25.7. The predicted octanol–water partition coefficient (Wildman–Crippen LogP) is 6.20. The lowest BCUT2D eigenvalue weighted by atomic mass is 10.1. The number of carbonyl (C=O) groups is 1. The van der Waals surface area contributed by atoms with Crippen molar-refractivity contribution >= 4 is 17.5 Å². The molecule has 9 heteroatoms. The molecule has 0 aliphatic rings. The van der Waals surface area contributed by atoms with Crippen LogP contribution in [-0.2, 0) is 11.0 Å². The van der Waals surface area contributed by atoms with E-state index in [1.54, 1.807) is 19.2 Å². The van der Waals surface area contributed by atoms with Crippen LogP contribution in [0.15, 0.2) is 78.9 Å². The Morgan fingerprint density at radius 2 is 1.50 bits per heavy atom. The Morgan fingerprint density at radius 1 is 0.889 bits per heavy atom. The van der Waals surface area contributed by atoms with E-state index in [1.165, 1.54) is 12.1 Å². The number of nitrogens with one attached hydrogen (secondary N) is 2. The Balaban J connectivity index is 1.57. The van der Waals surface area contributed by atoms with Crippen molar-refractivity contribution in [3.63, 3.8) is 0 Å². The lowest BCUT2D eigenvalue weighted by molar-refractivity contribution is -0.137. The van der Waals surface area contributed by atoms with Gasteiger partial charge in [0.05, 0.1) is 30.6 Å². The first kappa shape index (κ1) is 24.7. The van der Waals surface area contributed by atoms with E-state index in [2.05, 4.69) is 20.6 Å². The molecule has 184 valence electrons. The number of aromatic nitrogens is 2. The molecule has 4 aromatic rings. The fraction of sp³-hybridized carbons (Fsp3) is 0.148. The van der Waals surface area contributed by atoms with E-state index in [0.29, 0.717) is 17.1 Å². The second-order valence-corrected chi connectivity index (χ2v) is 8.04. The monoisotopic (exact) mass is 492 g/mol. The van der Waals surface area contributed by atoms with Crippen molar-refractivity contribution in [1.29, 1.82) is 0 Å². The Morgan fingerprint density at radius 3 is 2.08 bits per heavy atom. The van der Waals surface area contributed by atoms with Crippen LogP contribution in [0.5, 0.6) is 5.75 Å². The van der Waals surface area contributed by atoms with Gasteiger partial charge in [0.25, 0.3) is 0 Å². The number of rotatable bonds is 7. The number of halogens is 3. The third kappa shape index (κ3) is 6.18. The lowest BCUT2D eigenvalue weighted by Crippen LogP contribution is -2.23. The Bertz CT molecular complexity index is 1360. The third-order valence-electron chi connectivity index (χ3n) is 5.35. The second kappa shape index (κ2) is 10.5. The minimum atomic E-state index is -4.47. The summed E-state index contributed by atoms with van der Waals surface area (Å²) in [6.45, 7) is 1.72. The first-order valence-corrected chi connectivity index (χ1v) is 11.0. The SMILES string of the molecule is COc1ccc(-c2cc(-c3ccc(C)cc3)nc(NC(=O)CNc3cccc(C(F)(F)F)c3)n2)cc1. The van der Waals surface area contributed by atoms with E-state index in [4.69, 9.17) is 4.74 Å². The smallest absolute Gasteiger partial charge is 0.416 e. The van der Waals surface area contributed by atoms with Gasteiger partial charge in [0.15, 0.2) is 0 Å². The topological polar surface area (TPSA) is 76.1 Å². The highest BCUT2D eigenvalue weighted by atomic mass is 19.4. The summed E-state index contributed by atoms with van der Waals surface area (Å²) in [4.78, 5) is 21.6. The summed E-state index contributed by atoms with van der Waals surface area (Å²) in [5.41, 5.74) is 3.30. The number of methoxy groups -OCH3 is 1. The quantitative estimate of drug-likeness (QED) is 0.321. The number of hydrogen-bond donors (Lipinski definition) is 2. The van der Waals surface area contributed by atoms with Crippen LogP contribution in [-0.4, -0.2) is 29.5 Å². The summed E-state index contributed by atoms with van der Waals surface area (Å²) in [5, 5.41) is 5.35. The summed E-state index contributed by atoms with van der Waals surface area (Å²) in [5.74, 6) is 0.268. The van der Waals surface area contributed by atoms with Gasteiger partial charge in [0.2, 0.25) is 11.9 Å². The summed E-state index contributed by atoms with van der Waals surface area (Å²) in [6.07, 6.45) is -4.47. The van der Waals surface area contributed by atoms with Gasteiger partial charge in [-0.2, -0.15) is 13.2 Å². The molecule has 0 bridgehead atoms. The average molecular weight is 493 g/mol. The van der Waals surface area contributed by atoms with Crippen LogP contribution >= 0.6 is 0 Å². The molecule has 0 saturated carbocycles. The molecule has 4 rings (SSSR count). The van der Waals surface area contributed by atoms with Crippen molar-refractivity contribution in [1.82, 2.24) is 9.97 Å². The van der Waals surface area contributed by atoms with E-state index in [9.17, 15) is 18.0 Å². The maximum absolute atomic E-state index is 12.9. The van der Waals surface area contributed by atoms with Gasteiger partial charge in [-0.25, -0.2) is 9.97 Å².